The summed E-state index contributed by atoms with van der Waals surface area (Å²) in [6.07, 6.45) is 2.39. The molecule has 1 aromatic carbocycles. The lowest BCUT2D eigenvalue weighted by Crippen LogP contribution is -2.46. The molecule has 0 saturated carbocycles. The Balaban J connectivity index is 1.87. The molecular formula is C16H25N3O4S. The van der Waals surface area contributed by atoms with Gasteiger partial charge in [0.25, 0.3) is 5.69 Å². The molecule has 2 rings (SSSR count). The molecule has 0 spiro atoms. The van der Waals surface area contributed by atoms with Crippen LogP contribution in [0.15, 0.2) is 24.3 Å². The van der Waals surface area contributed by atoms with Crippen LogP contribution in [0.1, 0.15) is 32.3 Å². The average molecular weight is 355 g/mol. The number of piperidine rings is 1. The summed E-state index contributed by atoms with van der Waals surface area (Å²) in [6, 6.07) is 5.75. The predicted octanol–water partition coefficient (Wildman–Crippen LogP) is 2.13. The van der Waals surface area contributed by atoms with E-state index in [9.17, 15) is 18.5 Å². The third kappa shape index (κ3) is 5.54. The number of benzene rings is 1. The van der Waals surface area contributed by atoms with E-state index in [4.69, 9.17) is 0 Å². The van der Waals surface area contributed by atoms with Crippen LogP contribution >= 0.6 is 0 Å². The monoisotopic (exact) mass is 355 g/mol. The Morgan fingerprint density at radius 3 is 2.62 bits per heavy atom. The van der Waals surface area contributed by atoms with Crippen LogP contribution in [-0.4, -0.2) is 43.9 Å². The standard InChI is InChI=1S/C16H25N3O4S/c1-13-4-3-9-18(11-13)14(2)10-17-24(22,23)12-15-5-7-16(8-6-15)19(20)21/h5-8,13-14,17H,3-4,9-12H2,1-2H3/t13-,14-/m0/s1. The van der Waals surface area contributed by atoms with Crippen LogP contribution in [-0.2, 0) is 15.8 Å². The van der Waals surface area contributed by atoms with Gasteiger partial charge in [0.2, 0.25) is 10.0 Å². The van der Waals surface area contributed by atoms with Gasteiger partial charge >= 0.3 is 0 Å². The molecule has 0 unspecified atom stereocenters. The zero-order valence-electron chi connectivity index (χ0n) is 14.1. The lowest BCUT2D eigenvalue weighted by atomic mass is 9.99. The highest BCUT2D eigenvalue weighted by Crippen LogP contribution is 2.18. The van der Waals surface area contributed by atoms with Gasteiger partial charge in [-0.1, -0.05) is 19.1 Å². The Bertz CT molecular complexity index is 660. The lowest BCUT2D eigenvalue weighted by Gasteiger charge is -2.35. The minimum absolute atomic E-state index is 0.0445. The molecule has 0 bridgehead atoms. The van der Waals surface area contributed by atoms with Crippen molar-refractivity contribution in [3.63, 3.8) is 0 Å². The molecule has 24 heavy (non-hydrogen) atoms. The zero-order valence-corrected chi connectivity index (χ0v) is 15.0. The van der Waals surface area contributed by atoms with Gasteiger partial charge in [-0.05, 0) is 37.8 Å². The highest BCUT2D eigenvalue weighted by Gasteiger charge is 2.22. The fourth-order valence-corrected chi connectivity index (χ4v) is 4.22. The second-order valence-electron chi connectivity index (χ2n) is 6.62. The largest absolute Gasteiger partial charge is 0.299 e. The SMILES string of the molecule is C[C@H]1CCCN([C@@H](C)CNS(=O)(=O)Cc2ccc([N+](=O)[O-])cc2)C1. The topological polar surface area (TPSA) is 92.6 Å². The fourth-order valence-electron chi connectivity index (χ4n) is 2.99. The molecule has 1 aromatic rings. The van der Waals surface area contributed by atoms with E-state index in [0.29, 0.717) is 18.0 Å². The van der Waals surface area contributed by atoms with Crippen molar-refractivity contribution in [2.24, 2.45) is 5.92 Å². The van der Waals surface area contributed by atoms with Crippen molar-refractivity contribution in [3.8, 4) is 0 Å². The molecular weight excluding hydrogens is 330 g/mol. The van der Waals surface area contributed by atoms with Crippen molar-refractivity contribution < 1.29 is 13.3 Å². The molecule has 1 N–H and O–H groups in total. The van der Waals surface area contributed by atoms with Crippen LogP contribution in [0.25, 0.3) is 0 Å². The summed E-state index contributed by atoms with van der Waals surface area (Å²) in [5.74, 6) is 0.478. The Hall–Kier alpha value is -1.51. The van der Waals surface area contributed by atoms with Crippen molar-refractivity contribution in [1.29, 1.82) is 0 Å². The van der Waals surface area contributed by atoms with E-state index in [1.165, 1.54) is 30.7 Å². The molecule has 1 aliphatic heterocycles. The molecule has 1 fully saturated rings. The normalized spacial score (nSPS) is 20.7. The number of hydrogen-bond acceptors (Lipinski definition) is 5. The van der Waals surface area contributed by atoms with Crippen LogP contribution in [0, 0.1) is 16.0 Å². The Kier molecular flexibility index (Phi) is 6.31. The van der Waals surface area contributed by atoms with Gasteiger partial charge in [0.1, 0.15) is 0 Å². The van der Waals surface area contributed by atoms with Gasteiger partial charge in [-0.2, -0.15) is 0 Å². The summed E-state index contributed by atoms with van der Waals surface area (Å²) in [7, 11) is -3.46. The number of likely N-dealkylation sites (tertiary alicyclic amines) is 1. The number of non-ortho nitro benzene ring substituents is 1. The summed E-state index contributed by atoms with van der Waals surface area (Å²) >= 11 is 0. The van der Waals surface area contributed by atoms with Gasteiger partial charge in [0.05, 0.1) is 10.7 Å². The first-order chi connectivity index (χ1) is 11.3. The maximum atomic E-state index is 12.2. The van der Waals surface area contributed by atoms with E-state index in [1.807, 2.05) is 6.92 Å². The quantitative estimate of drug-likeness (QED) is 0.597. The molecule has 1 heterocycles. The molecule has 2 atom stereocenters. The molecule has 1 aliphatic rings. The average Bonchev–Trinajstić information content (AvgIpc) is 2.53. The summed E-state index contributed by atoms with van der Waals surface area (Å²) in [4.78, 5) is 12.4. The summed E-state index contributed by atoms with van der Waals surface area (Å²) in [5.41, 5.74) is 0.490. The van der Waals surface area contributed by atoms with Crippen molar-refractivity contribution in [1.82, 2.24) is 9.62 Å². The second kappa shape index (κ2) is 8.04. The van der Waals surface area contributed by atoms with E-state index in [-0.39, 0.29) is 17.5 Å². The number of rotatable bonds is 7. The molecule has 0 aromatic heterocycles. The minimum Gasteiger partial charge on any atom is -0.299 e. The molecule has 7 nitrogen and oxygen atoms in total. The number of nitrogens with zero attached hydrogens (tertiary/aromatic N) is 2. The zero-order chi connectivity index (χ0) is 17.7. The van der Waals surface area contributed by atoms with Gasteiger partial charge in [-0.15, -0.1) is 0 Å². The van der Waals surface area contributed by atoms with Crippen molar-refractivity contribution in [2.45, 2.75) is 38.5 Å². The van der Waals surface area contributed by atoms with Crippen LogP contribution < -0.4 is 4.72 Å². The van der Waals surface area contributed by atoms with E-state index in [1.54, 1.807) is 0 Å². The Morgan fingerprint density at radius 2 is 2.04 bits per heavy atom. The first kappa shape index (κ1) is 18.8. The number of nitrogens with one attached hydrogen (secondary N) is 1. The van der Waals surface area contributed by atoms with E-state index in [0.717, 1.165) is 19.5 Å². The van der Waals surface area contributed by atoms with Gasteiger partial charge in [0, 0.05) is 31.3 Å². The van der Waals surface area contributed by atoms with E-state index < -0.39 is 14.9 Å². The first-order valence-electron chi connectivity index (χ1n) is 8.21. The number of sulfonamides is 1. The van der Waals surface area contributed by atoms with Crippen LogP contribution in [0.3, 0.4) is 0 Å². The van der Waals surface area contributed by atoms with Crippen LogP contribution in [0.2, 0.25) is 0 Å². The third-order valence-electron chi connectivity index (χ3n) is 4.41. The Morgan fingerprint density at radius 1 is 1.38 bits per heavy atom. The van der Waals surface area contributed by atoms with Gasteiger partial charge in [-0.25, -0.2) is 13.1 Å². The smallest absolute Gasteiger partial charge is 0.269 e. The van der Waals surface area contributed by atoms with Gasteiger partial charge < -0.3 is 0 Å². The minimum atomic E-state index is -3.46. The van der Waals surface area contributed by atoms with Gasteiger partial charge in [-0.3, -0.25) is 15.0 Å². The maximum Gasteiger partial charge on any atom is 0.269 e. The summed E-state index contributed by atoms with van der Waals surface area (Å²) < 4.78 is 27.1. The molecule has 134 valence electrons. The maximum absolute atomic E-state index is 12.2. The number of hydrogen-bond donors (Lipinski definition) is 1. The number of nitro benzene ring substituents is 1. The highest BCUT2D eigenvalue weighted by atomic mass is 32.2. The van der Waals surface area contributed by atoms with Crippen molar-refractivity contribution >= 4 is 15.7 Å². The first-order valence-corrected chi connectivity index (χ1v) is 9.87. The van der Waals surface area contributed by atoms with Gasteiger partial charge in [0.15, 0.2) is 0 Å². The second-order valence-corrected chi connectivity index (χ2v) is 8.43. The van der Waals surface area contributed by atoms with Crippen molar-refractivity contribution in [2.75, 3.05) is 19.6 Å². The number of nitro groups is 1. The van der Waals surface area contributed by atoms with Crippen molar-refractivity contribution in [3.05, 3.63) is 39.9 Å². The molecule has 1 saturated heterocycles. The summed E-state index contributed by atoms with van der Waals surface area (Å²) in [6.45, 7) is 6.65. The van der Waals surface area contributed by atoms with E-state index in [2.05, 4.69) is 16.5 Å². The molecule has 0 aliphatic carbocycles. The summed E-state index contributed by atoms with van der Waals surface area (Å²) in [5, 5.41) is 10.6. The lowest BCUT2D eigenvalue weighted by molar-refractivity contribution is -0.384. The Labute approximate surface area is 143 Å². The van der Waals surface area contributed by atoms with Crippen LogP contribution in [0.5, 0.6) is 0 Å². The molecule has 0 amide bonds. The van der Waals surface area contributed by atoms with E-state index >= 15 is 0 Å². The highest BCUT2D eigenvalue weighted by molar-refractivity contribution is 7.88. The third-order valence-corrected chi connectivity index (χ3v) is 5.73. The predicted molar refractivity (Wildman–Crippen MR) is 93.2 cm³/mol. The fraction of sp³-hybridized carbons (Fsp3) is 0.625. The molecule has 8 heteroatoms. The van der Waals surface area contributed by atoms with Crippen LogP contribution in [0.4, 0.5) is 5.69 Å². The molecule has 0 radical (unpaired) electrons.